The van der Waals surface area contributed by atoms with Gasteiger partial charge >= 0.3 is 5.97 Å². The third kappa shape index (κ3) is 2.72. The lowest BCUT2D eigenvalue weighted by atomic mass is 10.2. The molecule has 0 saturated carbocycles. The molecular weight excluding hydrogens is 286 g/mol. The number of rotatable bonds is 3. The van der Waals surface area contributed by atoms with Crippen molar-refractivity contribution in [1.29, 1.82) is 0 Å². The van der Waals surface area contributed by atoms with E-state index in [0.29, 0.717) is 9.90 Å². The highest BCUT2D eigenvalue weighted by molar-refractivity contribution is 7.21. The van der Waals surface area contributed by atoms with E-state index in [1.165, 1.54) is 18.4 Å². The van der Waals surface area contributed by atoms with Gasteiger partial charge in [0.1, 0.15) is 10.9 Å². The van der Waals surface area contributed by atoms with Gasteiger partial charge in [0.2, 0.25) is 0 Å². The fourth-order valence-corrected chi connectivity index (χ4v) is 3.08. The Bertz CT molecular complexity index is 638. The van der Waals surface area contributed by atoms with Gasteiger partial charge < -0.3 is 10.1 Å². The van der Waals surface area contributed by atoms with E-state index in [4.69, 9.17) is 11.6 Å². The Morgan fingerprint density at radius 1 is 1.37 bits per heavy atom. The van der Waals surface area contributed by atoms with Gasteiger partial charge in [-0.05, 0) is 13.0 Å². The van der Waals surface area contributed by atoms with Gasteiger partial charge in [-0.3, -0.25) is 4.79 Å². The minimum Gasteiger partial charge on any atom is -0.467 e. The number of carbonyl (C=O) groups excluding carboxylic acids is 2. The number of ether oxygens (including phenoxy) is 1. The normalized spacial score (nSPS) is 12.2. The smallest absolute Gasteiger partial charge is 0.328 e. The molecule has 0 bridgehead atoms. The summed E-state index contributed by atoms with van der Waals surface area (Å²) in [6.45, 7) is 1.56. The SMILES string of the molecule is COC(=O)C(C)NC(=O)c1sc2ccccc2c1Cl. The molecule has 1 aromatic heterocycles. The molecule has 19 heavy (non-hydrogen) atoms. The number of amides is 1. The van der Waals surface area contributed by atoms with Crippen LogP contribution in [0.15, 0.2) is 24.3 Å². The molecule has 6 heteroatoms. The van der Waals surface area contributed by atoms with Crippen LogP contribution in [0.25, 0.3) is 10.1 Å². The zero-order valence-electron chi connectivity index (χ0n) is 10.4. The summed E-state index contributed by atoms with van der Waals surface area (Å²) in [5.41, 5.74) is 0. The van der Waals surface area contributed by atoms with Gasteiger partial charge in [-0.1, -0.05) is 29.8 Å². The number of hydrogen-bond donors (Lipinski definition) is 1. The lowest BCUT2D eigenvalue weighted by molar-refractivity contribution is -0.142. The van der Waals surface area contributed by atoms with Gasteiger partial charge in [0.25, 0.3) is 5.91 Å². The molecule has 1 amide bonds. The fraction of sp³-hybridized carbons (Fsp3) is 0.231. The molecule has 0 radical (unpaired) electrons. The summed E-state index contributed by atoms with van der Waals surface area (Å²) in [7, 11) is 1.28. The zero-order chi connectivity index (χ0) is 14.0. The van der Waals surface area contributed by atoms with Crippen molar-refractivity contribution < 1.29 is 14.3 Å². The van der Waals surface area contributed by atoms with Crippen molar-refractivity contribution in [2.75, 3.05) is 7.11 Å². The Hall–Kier alpha value is -1.59. The van der Waals surface area contributed by atoms with E-state index >= 15 is 0 Å². The van der Waals surface area contributed by atoms with Gasteiger partial charge in [-0.2, -0.15) is 0 Å². The van der Waals surface area contributed by atoms with E-state index in [1.807, 2.05) is 24.3 Å². The summed E-state index contributed by atoms with van der Waals surface area (Å²) >= 11 is 7.48. The van der Waals surface area contributed by atoms with Gasteiger partial charge in [0, 0.05) is 10.1 Å². The molecule has 1 aromatic carbocycles. The second kappa shape index (κ2) is 5.59. The largest absolute Gasteiger partial charge is 0.467 e. The predicted octanol–water partition coefficient (Wildman–Crippen LogP) is 2.85. The van der Waals surface area contributed by atoms with E-state index in [-0.39, 0.29) is 5.91 Å². The second-order valence-corrected chi connectivity index (χ2v) is 5.39. The lowest BCUT2D eigenvalue weighted by Gasteiger charge is -2.10. The molecule has 0 saturated heterocycles. The maximum absolute atomic E-state index is 12.1. The molecule has 0 aliphatic heterocycles. The van der Waals surface area contributed by atoms with Crippen LogP contribution in [0.2, 0.25) is 5.02 Å². The first-order valence-corrected chi connectivity index (χ1v) is 6.79. The third-order valence-electron chi connectivity index (χ3n) is 2.64. The first-order valence-electron chi connectivity index (χ1n) is 5.60. The first kappa shape index (κ1) is 13.8. The number of fused-ring (bicyclic) bond motifs is 1. The number of hydrogen-bond acceptors (Lipinski definition) is 4. The molecule has 0 spiro atoms. The highest BCUT2D eigenvalue weighted by Gasteiger charge is 2.21. The molecule has 0 aliphatic rings. The maximum atomic E-state index is 12.1. The monoisotopic (exact) mass is 297 g/mol. The summed E-state index contributed by atoms with van der Waals surface area (Å²) in [5.74, 6) is -0.866. The third-order valence-corrected chi connectivity index (χ3v) is 4.32. The van der Waals surface area contributed by atoms with Crippen LogP contribution in [0.4, 0.5) is 0 Å². The van der Waals surface area contributed by atoms with Gasteiger partial charge in [0.15, 0.2) is 0 Å². The summed E-state index contributed by atoms with van der Waals surface area (Å²) in [5, 5.41) is 3.81. The Morgan fingerprint density at radius 3 is 2.68 bits per heavy atom. The molecule has 1 heterocycles. The average Bonchev–Trinajstić information content (AvgIpc) is 2.75. The van der Waals surface area contributed by atoms with Gasteiger partial charge in [-0.15, -0.1) is 11.3 Å². The number of methoxy groups -OCH3 is 1. The van der Waals surface area contributed by atoms with E-state index in [2.05, 4.69) is 10.1 Å². The summed E-state index contributed by atoms with van der Waals surface area (Å²) in [6.07, 6.45) is 0. The summed E-state index contributed by atoms with van der Waals surface area (Å²) < 4.78 is 5.49. The number of halogens is 1. The molecule has 2 aromatic rings. The molecule has 0 aliphatic carbocycles. The van der Waals surface area contributed by atoms with Crippen molar-refractivity contribution in [3.8, 4) is 0 Å². The zero-order valence-corrected chi connectivity index (χ0v) is 12.0. The van der Waals surface area contributed by atoms with Crippen molar-refractivity contribution in [1.82, 2.24) is 5.32 Å². The van der Waals surface area contributed by atoms with E-state index in [1.54, 1.807) is 6.92 Å². The van der Waals surface area contributed by atoms with Crippen molar-refractivity contribution in [3.05, 3.63) is 34.2 Å². The van der Waals surface area contributed by atoms with Crippen molar-refractivity contribution in [2.45, 2.75) is 13.0 Å². The number of carbonyl (C=O) groups is 2. The Balaban J connectivity index is 2.27. The molecule has 1 unspecified atom stereocenters. The van der Waals surface area contributed by atoms with Gasteiger partial charge in [-0.25, -0.2) is 4.79 Å². The second-order valence-electron chi connectivity index (χ2n) is 3.96. The number of thiophene rings is 1. The van der Waals surface area contributed by atoms with E-state index in [0.717, 1.165) is 10.1 Å². The number of esters is 1. The lowest BCUT2D eigenvalue weighted by Crippen LogP contribution is -2.38. The standard InChI is InChI=1S/C13H12ClNO3S/c1-7(13(17)18-2)15-12(16)11-10(14)8-5-3-4-6-9(8)19-11/h3-7H,1-2H3,(H,15,16). The van der Waals surface area contributed by atoms with Gasteiger partial charge in [0.05, 0.1) is 12.1 Å². The van der Waals surface area contributed by atoms with Crippen molar-refractivity contribution in [2.24, 2.45) is 0 Å². The molecule has 100 valence electrons. The van der Waals surface area contributed by atoms with Crippen LogP contribution in [0.3, 0.4) is 0 Å². The van der Waals surface area contributed by atoms with E-state index in [9.17, 15) is 9.59 Å². The molecule has 1 atom stereocenters. The number of nitrogens with one attached hydrogen (secondary N) is 1. The fourth-order valence-electron chi connectivity index (χ4n) is 1.66. The van der Waals surface area contributed by atoms with Crippen LogP contribution in [0.1, 0.15) is 16.6 Å². The van der Waals surface area contributed by atoms with Crippen molar-refractivity contribution >= 4 is 44.9 Å². The Kier molecular flexibility index (Phi) is 4.07. The van der Waals surface area contributed by atoms with Crippen LogP contribution in [0.5, 0.6) is 0 Å². The van der Waals surface area contributed by atoms with Crippen molar-refractivity contribution in [3.63, 3.8) is 0 Å². The van der Waals surface area contributed by atoms with Crippen LogP contribution >= 0.6 is 22.9 Å². The Labute approximate surface area is 119 Å². The van der Waals surface area contributed by atoms with E-state index < -0.39 is 12.0 Å². The number of benzene rings is 1. The first-order chi connectivity index (χ1) is 9.04. The molecule has 0 fully saturated rings. The summed E-state index contributed by atoms with van der Waals surface area (Å²) in [6, 6.07) is 6.79. The highest BCUT2D eigenvalue weighted by atomic mass is 35.5. The predicted molar refractivity (Wildman–Crippen MR) is 75.8 cm³/mol. The average molecular weight is 298 g/mol. The minimum atomic E-state index is -0.709. The molecule has 1 N–H and O–H groups in total. The van der Waals surface area contributed by atoms with Crippen LogP contribution in [-0.2, 0) is 9.53 Å². The molecule has 2 rings (SSSR count). The summed E-state index contributed by atoms with van der Waals surface area (Å²) in [4.78, 5) is 23.7. The van der Waals surface area contributed by atoms with Crippen LogP contribution < -0.4 is 5.32 Å². The molecule has 4 nitrogen and oxygen atoms in total. The topological polar surface area (TPSA) is 55.4 Å². The quantitative estimate of drug-likeness (QED) is 0.886. The minimum absolute atomic E-state index is 0.371. The van der Waals surface area contributed by atoms with Crippen LogP contribution in [0, 0.1) is 0 Å². The van der Waals surface area contributed by atoms with Crippen LogP contribution in [-0.4, -0.2) is 25.0 Å². The highest BCUT2D eigenvalue weighted by Crippen LogP contribution is 2.34. The Morgan fingerprint density at radius 2 is 2.05 bits per heavy atom. The molecular formula is C13H12ClNO3S. The maximum Gasteiger partial charge on any atom is 0.328 e.